The van der Waals surface area contributed by atoms with Gasteiger partial charge in [-0.15, -0.1) is 0 Å². The number of hydrogen-bond donors (Lipinski definition) is 1. The predicted molar refractivity (Wildman–Crippen MR) is 147 cm³/mol. The Morgan fingerprint density at radius 2 is 1.31 bits per heavy atom. The van der Waals surface area contributed by atoms with Crippen LogP contribution in [0.4, 0.5) is 0 Å². The Morgan fingerprint density at radius 1 is 0.829 bits per heavy atom. The van der Waals surface area contributed by atoms with Gasteiger partial charge in [0.25, 0.3) is 0 Å². The van der Waals surface area contributed by atoms with Gasteiger partial charge < -0.3 is 0 Å². The Hall–Kier alpha value is -2.52. The van der Waals surface area contributed by atoms with Gasteiger partial charge in [0.05, 0.1) is 0 Å². The summed E-state index contributed by atoms with van der Waals surface area (Å²) in [7, 11) is -3.48. The van der Waals surface area contributed by atoms with Crippen LogP contribution in [-0.4, -0.2) is 24.3 Å². The average molecular weight is 495 g/mol. The van der Waals surface area contributed by atoms with Gasteiger partial charge in [0.15, 0.2) is 0 Å². The van der Waals surface area contributed by atoms with Crippen molar-refractivity contribution in [2.45, 2.75) is 40.5 Å². The molecule has 0 saturated heterocycles. The van der Waals surface area contributed by atoms with Crippen LogP contribution < -0.4 is 10.6 Å². The van der Waals surface area contributed by atoms with Gasteiger partial charge in [0.1, 0.15) is 0 Å². The number of benzene rings is 3. The van der Waals surface area contributed by atoms with E-state index < -0.39 is 19.1 Å². The number of carbonyl (C=O) groups excluding carboxylic acids is 1. The van der Waals surface area contributed by atoms with Crippen molar-refractivity contribution in [2.24, 2.45) is 17.3 Å². The molecule has 0 fully saturated rings. The monoisotopic (exact) mass is 494 g/mol. The van der Waals surface area contributed by atoms with E-state index in [1.54, 1.807) is 12.1 Å². The molecule has 1 N–H and O–H groups in total. The third-order valence-corrected chi connectivity index (χ3v) is 10.1. The zero-order valence-corrected chi connectivity index (χ0v) is 22.3. The SMILES string of the molecule is CC(C)CCC(CO)(CO[PH](OC(=O)c1ccccc1)(c1ccccc1)c1ccccc1)C(C)C. The van der Waals surface area contributed by atoms with E-state index >= 15 is 0 Å². The van der Waals surface area contributed by atoms with Crippen molar-refractivity contribution in [2.75, 3.05) is 13.2 Å². The Bertz CT molecular complexity index is 998. The molecule has 0 aromatic heterocycles. The molecule has 0 heterocycles. The minimum absolute atomic E-state index is 0.0120. The van der Waals surface area contributed by atoms with E-state index in [4.69, 9.17) is 9.05 Å². The molecule has 1 atom stereocenters. The molecule has 0 amide bonds. The van der Waals surface area contributed by atoms with Gasteiger partial charge in [0.2, 0.25) is 0 Å². The number of rotatable bonds is 12. The third-order valence-electron chi connectivity index (χ3n) is 6.88. The number of aliphatic hydroxyl groups excluding tert-OH is 1. The molecule has 0 aliphatic rings. The van der Waals surface area contributed by atoms with Crippen molar-refractivity contribution in [3.63, 3.8) is 0 Å². The van der Waals surface area contributed by atoms with Crippen molar-refractivity contribution in [1.29, 1.82) is 0 Å². The summed E-state index contributed by atoms with van der Waals surface area (Å²) in [5, 5.41) is 12.3. The summed E-state index contributed by atoms with van der Waals surface area (Å²) in [5.41, 5.74) is 0.0440. The normalized spacial score (nSPS) is 14.0. The van der Waals surface area contributed by atoms with Gasteiger partial charge >= 0.3 is 211 Å². The standard InChI is InChI=1S/C30H39O4P/c1-24(2)20-21-30(22-31,25(3)4)23-33-35(27-16-10-6-11-17-27,28-18-12-7-13-19-28)34-29(32)26-14-8-5-9-15-26/h5-19,24-25,31,35H,20-23H2,1-4H3. The third kappa shape index (κ3) is 6.58. The molecule has 1 unspecified atom stereocenters. The van der Waals surface area contributed by atoms with E-state index in [9.17, 15) is 9.90 Å². The topological polar surface area (TPSA) is 55.8 Å². The van der Waals surface area contributed by atoms with Crippen LogP contribution in [0.2, 0.25) is 0 Å². The van der Waals surface area contributed by atoms with Gasteiger partial charge in [-0.2, -0.15) is 0 Å². The zero-order valence-electron chi connectivity index (χ0n) is 21.3. The zero-order chi connectivity index (χ0) is 25.3. The molecule has 3 aromatic rings. The molecule has 188 valence electrons. The Labute approximate surface area is 210 Å². The number of hydrogen-bond acceptors (Lipinski definition) is 4. The van der Waals surface area contributed by atoms with E-state index in [0.29, 0.717) is 18.1 Å². The van der Waals surface area contributed by atoms with Gasteiger partial charge in [-0.1, -0.05) is 0 Å². The first-order valence-corrected chi connectivity index (χ1v) is 14.3. The van der Waals surface area contributed by atoms with E-state index in [1.807, 2.05) is 78.9 Å². The maximum absolute atomic E-state index is 13.4. The van der Waals surface area contributed by atoms with Gasteiger partial charge in [-0.25, -0.2) is 0 Å². The molecule has 3 rings (SSSR count). The van der Waals surface area contributed by atoms with Crippen molar-refractivity contribution in [1.82, 2.24) is 0 Å². The molecule has 5 heteroatoms. The fourth-order valence-electron chi connectivity index (χ4n) is 4.22. The first-order valence-electron chi connectivity index (χ1n) is 12.5. The molecular weight excluding hydrogens is 455 g/mol. The van der Waals surface area contributed by atoms with Gasteiger partial charge in [-0.3, -0.25) is 0 Å². The summed E-state index contributed by atoms with van der Waals surface area (Å²) in [5.74, 6) is 0.293. The van der Waals surface area contributed by atoms with Crippen LogP contribution in [0.15, 0.2) is 91.0 Å². The number of aliphatic hydroxyl groups is 1. The fraction of sp³-hybridized carbons (Fsp3) is 0.367. The second-order valence-electron chi connectivity index (χ2n) is 10.0. The van der Waals surface area contributed by atoms with Crippen LogP contribution in [0, 0.1) is 17.3 Å². The van der Waals surface area contributed by atoms with Crippen LogP contribution in [0.1, 0.15) is 50.9 Å². The Morgan fingerprint density at radius 3 is 1.74 bits per heavy atom. The molecule has 4 nitrogen and oxygen atoms in total. The minimum atomic E-state index is -3.48. The molecule has 0 bridgehead atoms. The molecule has 0 aliphatic heterocycles. The summed E-state index contributed by atoms with van der Waals surface area (Å²) in [4.78, 5) is 13.4. The molecule has 0 saturated carbocycles. The summed E-state index contributed by atoms with van der Waals surface area (Å²) < 4.78 is 13.3. The molecule has 0 spiro atoms. The van der Waals surface area contributed by atoms with Crippen LogP contribution in [0.3, 0.4) is 0 Å². The summed E-state index contributed by atoms with van der Waals surface area (Å²) >= 11 is 0. The van der Waals surface area contributed by atoms with Crippen molar-refractivity contribution in [3.8, 4) is 0 Å². The second kappa shape index (κ2) is 12.4. The summed E-state index contributed by atoms with van der Waals surface area (Å²) in [6, 6.07) is 28.6. The Balaban J connectivity index is 2.09. The molecule has 0 aliphatic carbocycles. The van der Waals surface area contributed by atoms with Crippen LogP contribution >= 0.6 is 7.72 Å². The van der Waals surface area contributed by atoms with Crippen molar-refractivity contribution < 1.29 is 18.9 Å². The molecule has 0 radical (unpaired) electrons. The number of carbonyl (C=O) groups is 1. The van der Waals surface area contributed by atoms with Gasteiger partial charge in [-0.05, 0) is 0 Å². The fourth-order valence-corrected chi connectivity index (χ4v) is 7.31. The van der Waals surface area contributed by atoms with Crippen LogP contribution in [0.25, 0.3) is 0 Å². The van der Waals surface area contributed by atoms with Gasteiger partial charge in [0, 0.05) is 0 Å². The maximum atomic E-state index is 13.4. The summed E-state index contributed by atoms with van der Waals surface area (Å²) in [6.45, 7) is 8.95. The molecule has 3 aromatic carbocycles. The summed E-state index contributed by atoms with van der Waals surface area (Å²) in [6.07, 6.45) is 1.82. The van der Waals surface area contributed by atoms with Crippen molar-refractivity contribution in [3.05, 3.63) is 96.6 Å². The predicted octanol–water partition coefficient (Wildman–Crippen LogP) is 6.16. The first kappa shape index (κ1) is 27.1. The van der Waals surface area contributed by atoms with Crippen molar-refractivity contribution >= 4 is 24.3 Å². The van der Waals surface area contributed by atoms with E-state index in [2.05, 4.69) is 27.7 Å². The second-order valence-corrected chi connectivity index (χ2v) is 12.9. The van der Waals surface area contributed by atoms with E-state index in [-0.39, 0.29) is 12.5 Å². The average Bonchev–Trinajstić information content (AvgIpc) is 2.89. The molecule has 35 heavy (non-hydrogen) atoms. The van der Waals surface area contributed by atoms with E-state index in [0.717, 1.165) is 23.5 Å². The van der Waals surface area contributed by atoms with Crippen LogP contribution in [0.5, 0.6) is 0 Å². The first-order chi connectivity index (χ1) is 16.8. The molecular formula is C30H39O4P. The van der Waals surface area contributed by atoms with E-state index in [1.165, 1.54) is 0 Å². The Kier molecular flexibility index (Phi) is 9.63. The van der Waals surface area contributed by atoms with Crippen LogP contribution in [-0.2, 0) is 9.05 Å². The quantitative estimate of drug-likeness (QED) is 0.306.